The number of nitrogens with zero attached hydrogens (tertiary/aromatic N) is 2. The highest BCUT2D eigenvalue weighted by Gasteiger charge is 2.30. The van der Waals surface area contributed by atoms with Crippen molar-refractivity contribution in [3.8, 4) is 0 Å². The van der Waals surface area contributed by atoms with Gasteiger partial charge >= 0.3 is 0 Å². The number of hydrogen-bond acceptors (Lipinski definition) is 5. The molecule has 2 aliphatic rings. The Bertz CT molecular complexity index is 735. The molecule has 1 fully saturated rings. The van der Waals surface area contributed by atoms with E-state index in [2.05, 4.69) is 15.0 Å². The van der Waals surface area contributed by atoms with Gasteiger partial charge in [-0.1, -0.05) is 12.1 Å². The SMILES string of the molecule is CC1CN(C(=O)CN=C2NS(=O)(=O)c3ccccc32)CCN1.Cl. The van der Waals surface area contributed by atoms with Crippen LogP contribution >= 0.6 is 12.4 Å². The van der Waals surface area contributed by atoms with Gasteiger partial charge < -0.3 is 10.2 Å². The lowest BCUT2D eigenvalue weighted by atomic mass is 10.2. The van der Waals surface area contributed by atoms with Gasteiger partial charge in [-0.15, -0.1) is 12.4 Å². The molecule has 7 nitrogen and oxygen atoms in total. The second-order valence-corrected chi connectivity index (χ2v) is 7.11. The zero-order chi connectivity index (χ0) is 15.7. The predicted molar refractivity (Wildman–Crippen MR) is 89.5 cm³/mol. The summed E-state index contributed by atoms with van der Waals surface area (Å²) in [4.78, 5) is 18.3. The number of sulfonamides is 1. The van der Waals surface area contributed by atoms with E-state index in [0.717, 1.165) is 6.54 Å². The molecule has 126 valence electrons. The maximum atomic E-state index is 12.2. The summed E-state index contributed by atoms with van der Waals surface area (Å²) in [5, 5.41) is 3.27. The van der Waals surface area contributed by atoms with Crippen LogP contribution in [-0.2, 0) is 14.8 Å². The Morgan fingerprint density at radius 1 is 1.39 bits per heavy atom. The standard InChI is InChI=1S/C14H18N4O3S.ClH/c1-10-9-18(7-6-15-10)13(19)8-16-14-11-4-2-3-5-12(11)22(20,21)17-14;/h2-5,10,15H,6-9H2,1H3,(H,16,17);1H. The summed E-state index contributed by atoms with van der Waals surface area (Å²) in [6, 6.07) is 6.88. The van der Waals surface area contributed by atoms with Crippen molar-refractivity contribution >= 4 is 34.2 Å². The normalized spacial score (nSPS) is 23.8. The molecule has 2 heterocycles. The lowest BCUT2D eigenvalue weighted by Gasteiger charge is -2.31. The van der Waals surface area contributed by atoms with Crippen LogP contribution in [0, 0.1) is 0 Å². The molecule has 1 saturated heterocycles. The van der Waals surface area contributed by atoms with Crippen molar-refractivity contribution in [2.75, 3.05) is 26.2 Å². The smallest absolute Gasteiger partial charge is 0.263 e. The Balaban J connectivity index is 0.00000192. The molecule has 1 aromatic carbocycles. The first-order chi connectivity index (χ1) is 10.5. The van der Waals surface area contributed by atoms with E-state index in [-0.39, 0.29) is 41.6 Å². The molecule has 0 saturated carbocycles. The van der Waals surface area contributed by atoms with Crippen molar-refractivity contribution in [1.29, 1.82) is 0 Å². The molecule has 0 radical (unpaired) electrons. The number of rotatable bonds is 2. The highest BCUT2D eigenvalue weighted by molar-refractivity contribution is 7.90. The number of piperazine rings is 1. The molecule has 0 bridgehead atoms. The van der Waals surface area contributed by atoms with Crippen molar-refractivity contribution in [2.45, 2.75) is 17.9 Å². The molecule has 2 aliphatic heterocycles. The minimum absolute atomic E-state index is 0. The number of nitrogens with one attached hydrogen (secondary N) is 2. The quantitative estimate of drug-likeness (QED) is 0.776. The molecule has 0 spiro atoms. The summed E-state index contributed by atoms with van der Waals surface area (Å²) < 4.78 is 26.3. The van der Waals surface area contributed by atoms with Gasteiger partial charge in [-0.3, -0.25) is 14.5 Å². The van der Waals surface area contributed by atoms with Crippen LogP contribution in [-0.4, -0.2) is 57.3 Å². The topological polar surface area (TPSA) is 90.9 Å². The molecule has 23 heavy (non-hydrogen) atoms. The average molecular weight is 359 g/mol. The van der Waals surface area contributed by atoms with E-state index >= 15 is 0 Å². The molecule has 1 aromatic rings. The summed E-state index contributed by atoms with van der Waals surface area (Å²) in [7, 11) is -3.55. The van der Waals surface area contributed by atoms with E-state index in [1.807, 2.05) is 6.92 Å². The monoisotopic (exact) mass is 358 g/mol. The fourth-order valence-electron chi connectivity index (χ4n) is 2.66. The number of carbonyl (C=O) groups is 1. The maximum Gasteiger partial charge on any atom is 0.263 e. The Morgan fingerprint density at radius 2 is 2.13 bits per heavy atom. The molecule has 0 aromatic heterocycles. The van der Waals surface area contributed by atoms with Crippen LogP contribution in [0.1, 0.15) is 12.5 Å². The average Bonchev–Trinajstić information content (AvgIpc) is 2.76. The van der Waals surface area contributed by atoms with E-state index < -0.39 is 10.0 Å². The Labute approximate surface area is 141 Å². The number of fused-ring (bicyclic) bond motifs is 1. The summed E-state index contributed by atoms with van der Waals surface area (Å²) in [6.45, 7) is 4.02. The fraction of sp³-hybridized carbons (Fsp3) is 0.429. The van der Waals surface area contributed by atoms with Gasteiger partial charge in [0.1, 0.15) is 12.4 Å². The number of carbonyl (C=O) groups excluding carboxylic acids is 1. The zero-order valence-electron chi connectivity index (χ0n) is 12.7. The molecular formula is C14H19ClN4O3S. The first-order valence-electron chi connectivity index (χ1n) is 7.15. The largest absolute Gasteiger partial charge is 0.338 e. The third kappa shape index (κ3) is 3.65. The Kier molecular flexibility index (Phi) is 5.28. The number of aliphatic imine (C=N–C) groups is 1. The highest BCUT2D eigenvalue weighted by Crippen LogP contribution is 2.22. The van der Waals surface area contributed by atoms with Gasteiger partial charge in [0.2, 0.25) is 5.91 Å². The van der Waals surface area contributed by atoms with Crippen LogP contribution < -0.4 is 10.0 Å². The van der Waals surface area contributed by atoms with Crippen molar-refractivity contribution in [3.05, 3.63) is 29.8 Å². The summed E-state index contributed by atoms with van der Waals surface area (Å²) in [5.41, 5.74) is 0.518. The molecule has 9 heteroatoms. The van der Waals surface area contributed by atoms with Crippen LogP contribution in [0.25, 0.3) is 0 Å². The van der Waals surface area contributed by atoms with Crippen LogP contribution in [0.4, 0.5) is 0 Å². The number of hydrogen-bond donors (Lipinski definition) is 2. The van der Waals surface area contributed by atoms with Crippen LogP contribution in [0.5, 0.6) is 0 Å². The lowest BCUT2D eigenvalue weighted by Crippen LogP contribution is -2.52. The van der Waals surface area contributed by atoms with E-state index in [1.165, 1.54) is 6.07 Å². The fourth-order valence-corrected chi connectivity index (χ4v) is 3.91. The van der Waals surface area contributed by atoms with E-state index in [1.54, 1.807) is 23.1 Å². The van der Waals surface area contributed by atoms with Gasteiger partial charge in [-0.05, 0) is 19.1 Å². The molecule has 3 rings (SSSR count). The third-order valence-corrected chi connectivity index (χ3v) is 5.15. The van der Waals surface area contributed by atoms with Crippen molar-refractivity contribution in [2.24, 2.45) is 4.99 Å². The van der Waals surface area contributed by atoms with E-state index in [9.17, 15) is 13.2 Å². The summed E-state index contributed by atoms with van der Waals surface area (Å²) >= 11 is 0. The van der Waals surface area contributed by atoms with E-state index in [0.29, 0.717) is 18.7 Å². The molecule has 1 unspecified atom stereocenters. The second kappa shape index (κ2) is 6.86. The van der Waals surface area contributed by atoms with Gasteiger partial charge in [-0.2, -0.15) is 0 Å². The van der Waals surface area contributed by atoms with E-state index in [4.69, 9.17) is 0 Å². The molecule has 1 atom stereocenters. The molecule has 0 aliphatic carbocycles. The minimum Gasteiger partial charge on any atom is -0.338 e. The third-order valence-electron chi connectivity index (χ3n) is 3.76. The minimum atomic E-state index is -3.55. The first-order valence-corrected chi connectivity index (χ1v) is 8.63. The van der Waals surface area contributed by atoms with Gasteiger partial charge in [0, 0.05) is 31.2 Å². The summed E-state index contributed by atoms with van der Waals surface area (Å²) in [6.07, 6.45) is 0. The van der Waals surface area contributed by atoms with Crippen molar-refractivity contribution in [1.82, 2.24) is 14.9 Å². The van der Waals surface area contributed by atoms with Gasteiger partial charge in [0.15, 0.2) is 0 Å². The van der Waals surface area contributed by atoms with Gasteiger partial charge in [-0.25, -0.2) is 8.42 Å². The van der Waals surface area contributed by atoms with Crippen molar-refractivity contribution < 1.29 is 13.2 Å². The Morgan fingerprint density at radius 3 is 2.87 bits per heavy atom. The maximum absolute atomic E-state index is 12.2. The molecule has 1 amide bonds. The number of benzene rings is 1. The van der Waals surface area contributed by atoms with Crippen LogP contribution in [0.3, 0.4) is 0 Å². The predicted octanol–water partition coefficient (Wildman–Crippen LogP) is -0.0328. The highest BCUT2D eigenvalue weighted by atomic mass is 35.5. The number of halogens is 1. The Hall–Kier alpha value is -1.64. The zero-order valence-corrected chi connectivity index (χ0v) is 14.3. The number of amidine groups is 1. The van der Waals surface area contributed by atoms with Gasteiger partial charge in [0.05, 0.1) is 4.90 Å². The number of amides is 1. The molecular weight excluding hydrogens is 340 g/mol. The van der Waals surface area contributed by atoms with Crippen LogP contribution in [0.15, 0.2) is 34.2 Å². The lowest BCUT2D eigenvalue weighted by molar-refractivity contribution is -0.130. The summed E-state index contributed by atoms with van der Waals surface area (Å²) in [5.74, 6) is 0.150. The van der Waals surface area contributed by atoms with Crippen molar-refractivity contribution in [3.63, 3.8) is 0 Å². The first kappa shape index (κ1) is 17.7. The molecule has 2 N–H and O–H groups in total. The van der Waals surface area contributed by atoms with Crippen LogP contribution in [0.2, 0.25) is 0 Å². The second-order valence-electron chi connectivity index (χ2n) is 5.46. The van der Waals surface area contributed by atoms with Gasteiger partial charge in [0.25, 0.3) is 10.0 Å².